The van der Waals surface area contributed by atoms with E-state index in [9.17, 15) is 4.79 Å². The smallest absolute Gasteiger partial charge is 0.227 e. The van der Waals surface area contributed by atoms with Gasteiger partial charge >= 0.3 is 0 Å². The van der Waals surface area contributed by atoms with Crippen LogP contribution in [0.1, 0.15) is 24.8 Å². The van der Waals surface area contributed by atoms with Gasteiger partial charge in [-0.3, -0.25) is 4.79 Å². The lowest BCUT2D eigenvalue weighted by molar-refractivity contribution is -0.118. The largest absolute Gasteiger partial charge is 0.489 e. The van der Waals surface area contributed by atoms with Gasteiger partial charge in [0.15, 0.2) is 0 Å². The van der Waals surface area contributed by atoms with E-state index in [1.54, 1.807) is 7.11 Å². The number of carbonyl (C=O) groups excluding carboxylic acids is 1. The van der Waals surface area contributed by atoms with Gasteiger partial charge < -0.3 is 25.3 Å². The maximum Gasteiger partial charge on any atom is 0.227 e. The molecular weight excluding hydrogens is 332 g/mol. The summed E-state index contributed by atoms with van der Waals surface area (Å²) in [5.74, 6) is 0.517. The Bertz CT molecular complexity index is 517. The van der Waals surface area contributed by atoms with Gasteiger partial charge in [0.25, 0.3) is 0 Å². The summed E-state index contributed by atoms with van der Waals surface area (Å²) in [5, 5.41) is 2.87. The molecule has 1 heterocycles. The molecule has 2 unspecified atom stereocenters. The van der Waals surface area contributed by atoms with E-state index < -0.39 is 0 Å². The maximum atomic E-state index is 12.1. The molecule has 1 aromatic carbocycles. The second kappa shape index (κ2) is 10.5. The third-order valence-corrected chi connectivity index (χ3v) is 3.87. The Labute approximate surface area is 149 Å². The number of benzene rings is 1. The van der Waals surface area contributed by atoms with Crippen molar-refractivity contribution in [3.8, 4) is 5.75 Å². The number of nitrogens with two attached hydrogens (primary N) is 1. The van der Waals surface area contributed by atoms with E-state index in [1.165, 1.54) is 0 Å². The molecule has 0 saturated carbocycles. The van der Waals surface area contributed by atoms with Crippen LogP contribution in [0.25, 0.3) is 0 Å². The molecule has 0 bridgehead atoms. The van der Waals surface area contributed by atoms with Gasteiger partial charge in [-0.05, 0) is 37.5 Å². The molecule has 1 aliphatic rings. The number of hydrogen-bond donors (Lipinski definition) is 2. The molecule has 24 heavy (non-hydrogen) atoms. The van der Waals surface area contributed by atoms with Crippen molar-refractivity contribution in [2.45, 2.75) is 38.4 Å². The zero-order chi connectivity index (χ0) is 16.7. The molecule has 1 aromatic rings. The SMILES string of the molecule is COC(CN)CC(=O)Nc1ccc(C)cc1OCC1CCCO1.Cl. The minimum absolute atomic E-state index is 0. The van der Waals surface area contributed by atoms with Gasteiger partial charge in [0.05, 0.1) is 24.3 Å². The quantitative estimate of drug-likeness (QED) is 0.745. The summed E-state index contributed by atoms with van der Waals surface area (Å²) in [4.78, 5) is 12.1. The fourth-order valence-corrected chi connectivity index (χ4v) is 2.48. The number of halogens is 1. The Hall–Kier alpha value is -1.34. The maximum absolute atomic E-state index is 12.1. The summed E-state index contributed by atoms with van der Waals surface area (Å²) >= 11 is 0. The molecule has 0 aliphatic carbocycles. The monoisotopic (exact) mass is 358 g/mol. The van der Waals surface area contributed by atoms with Crippen LogP contribution >= 0.6 is 12.4 Å². The van der Waals surface area contributed by atoms with Gasteiger partial charge in [0, 0.05) is 20.3 Å². The zero-order valence-corrected chi connectivity index (χ0v) is 15.1. The van der Waals surface area contributed by atoms with Gasteiger partial charge in [-0.1, -0.05) is 6.07 Å². The van der Waals surface area contributed by atoms with Crippen LogP contribution in [0.2, 0.25) is 0 Å². The van der Waals surface area contributed by atoms with Crippen LogP contribution < -0.4 is 15.8 Å². The number of nitrogens with one attached hydrogen (secondary N) is 1. The van der Waals surface area contributed by atoms with Crippen molar-refractivity contribution in [2.75, 3.05) is 32.2 Å². The molecule has 1 saturated heterocycles. The standard InChI is InChI=1S/C17H26N2O4.ClH/c1-12-5-6-15(19-17(20)9-14(10-18)21-2)16(8-12)23-11-13-4-3-7-22-13;/h5-6,8,13-14H,3-4,7,9-11,18H2,1-2H3,(H,19,20);1H. The van der Waals surface area contributed by atoms with E-state index in [1.807, 2.05) is 25.1 Å². The van der Waals surface area contributed by atoms with Crippen molar-refractivity contribution in [1.82, 2.24) is 0 Å². The molecule has 1 fully saturated rings. The summed E-state index contributed by atoms with van der Waals surface area (Å²) in [6.45, 7) is 3.58. The number of ether oxygens (including phenoxy) is 3. The van der Waals surface area contributed by atoms with Gasteiger partial charge in [-0.2, -0.15) is 0 Å². The van der Waals surface area contributed by atoms with E-state index in [0.717, 1.165) is 25.0 Å². The number of amides is 1. The highest BCUT2D eigenvalue weighted by atomic mass is 35.5. The average molecular weight is 359 g/mol. The molecule has 3 N–H and O–H groups in total. The predicted octanol–water partition coefficient (Wildman–Crippen LogP) is 2.28. The van der Waals surface area contributed by atoms with Crippen molar-refractivity contribution < 1.29 is 19.0 Å². The number of hydrogen-bond acceptors (Lipinski definition) is 5. The van der Waals surface area contributed by atoms with E-state index >= 15 is 0 Å². The number of rotatable bonds is 8. The lowest BCUT2D eigenvalue weighted by Gasteiger charge is -2.17. The minimum Gasteiger partial charge on any atom is -0.489 e. The van der Waals surface area contributed by atoms with E-state index in [0.29, 0.717) is 24.6 Å². The highest BCUT2D eigenvalue weighted by molar-refractivity contribution is 5.92. The van der Waals surface area contributed by atoms with E-state index in [2.05, 4.69) is 5.32 Å². The van der Waals surface area contributed by atoms with Gasteiger partial charge in [0.2, 0.25) is 5.91 Å². The van der Waals surface area contributed by atoms with Crippen LogP contribution in [0.4, 0.5) is 5.69 Å². The van der Waals surface area contributed by atoms with Crippen LogP contribution in [0, 0.1) is 6.92 Å². The van der Waals surface area contributed by atoms with Crippen LogP contribution in [0.15, 0.2) is 18.2 Å². The summed E-state index contributed by atoms with van der Waals surface area (Å²) in [6, 6.07) is 5.70. The highest BCUT2D eigenvalue weighted by Gasteiger charge is 2.18. The van der Waals surface area contributed by atoms with E-state index in [-0.39, 0.29) is 36.9 Å². The number of carbonyl (C=O) groups is 1. The molecule has 6 nitrogen and oxygen atoms in total. The Kier molecular flexibility index (Phi) is 9.07. The third kappa shape index (κ3) is 6.28. The molecule has 2 atom stereocenters. The molecule has 7 heteroatoms. The summed E-state index contributed by atoms with van der Waals surface area (Å²) < 4.78 is 16.6. The minimum atomic E-state index is -0.281. The van der Waals surface area contributed by atoms with Crippen molar-refractivity contribution in [2.24, 2.45) is 5.73 Å². The fourth-order valence-electron chi connectivity index (χ4n) is 2.48. The third-order valence-electron chi connectivity index (χ3n) is 3.87. The Morgan fingerprint density at radius 3 is 2.92 bits per heavy atom. The van der Waals surface area contributed by atoms with Gasteiger partial charge in [-0.25, -0.2) is 0 Å². The predicted molar refractivity (Wildman–Crippen MR) is 96.0 cm³/mol. The van der Waals surface area contributed by atoms with Crippen LogP contribution in [-0.4, -0.2) is 45.0 Å². The van der Waals surface area contributed by atoms with Crippen molar-refractivity contribution in [1.29, 1.82) is 0 Å². The summed E-state index contributed by atoms with van der Waals surface area (Å²) in [6.07, 6.45) is 2.15. The highest BCUT2D eigenvalue weighted by Crippen LogP contribution is 2.27. The molecular formula is C17H27ClN2O4. The topological polar surface area (TPSA) is 82.8 Å². The number of methoxy groups -OCH3 is 1. The molecule has 2 rings (SSSR count). The first-order valence-electron chi connectivity index (χ1n) is 8.00. The van der Waals surface area contributed by atoms with Crippen LogP contribution in [-0.2, 0) is 14.3 Å². The average Bonchev–Trinajstić information content (AvgIpc) is 3.06. The summed E-state index contributed by atoms with van der Waals surface area (Å²) in [5.41, 5.74) is 7.28. The first kappa shape index (κ1) is 20.7. The normalized spacial score (nSPS) is 17.9. The van der Waals surface area contributed by atoms with Gasteiger partial charge in [-0.15, -0.1) is 12.4 Å². The second-order valence-electron chi connectivity index (χ2n) is 5.79. The van der Waals surface area contributed by atoms with Crippen molar-refractivity contribution in [3.63, 3.8) is 0 Å². The van der Waals surface area contributed by atoms with Crippen molar-refractivity contribution >= 4 is 24.0 Å². The molecule has 1 amide bonds. The van der Waals surface area contributed by atoms with Crippen LogP contribution in [0.3, 0.4) is 0 Å². The number of anilines is 1. The van der Waals surface area contributed by atoms with Crippen molar-refractivity contribution in [3.05, 3.63) is 23.8 Å². The lowest BCUT2D eigenvalue weighted by Crippen LogP contribution is -2.28. The Morgan fingerprint density at radius 2 is 2.29 bits per heavy atom. The summed E-state index contributed by atoms with van der Waals surface area (Å²) in [7, 11) is 1.55. The second-order valence-corrected chi connectivity index (χ2v) is 5.79. The lowest BCUT2D eigenvalue weighted by atomic mass is 10.2. The van der Waals surface area contributed by atoms with Gasteiger partial charge in [0.1, 0.15) is 12.4 Å². The molecule has 0 spiro atoms. The molecule has 0 aromatic heterocycles. The Balaban J connectivity index is 0.00000288. The van der Waals surface area contributed by atoms with Crippen LogP contribution in [0.5, 0.6) is 5.75 Å². The zero-order valence-electron chi connectivity index (χ0n) is 14.2. The first-order valence-corrected chi connectivity index (χ1v) is 8.00. The molecule has 0 radical (unpaired) electrons. The number of aryl methyl sites for hydroxylation is 1. The molecule has 136 valence electrons. The molecule has 1 aliphatic heterocycles. The first-order chi connectivity index (χ1) is 11.1. The van der Waals surface area contributed by atoms with E-state index in [4.69, 9.17) is 19.9 Å². The Morgan fingerprint density at radius 1 is 1.50 bits per heavy atom. The fraction of sp³-hybridized carbons (Fsp3) is 0.588.